The van der Waals surface area contributed by atoms with Crippen molar-refractivity contribution in [3.63, 3.8) is 0 Å². The summed E-state index contributed by atoms with van der Waals surface area (Å²) in [5.74, 6) is 0.920. The summed E-state index contributed by atoms with van der Waals surface area (Å²) in [4.78, 5) is 2.65. The molecule has 0 aromatic rings. The second-order valence-corrected chi connectivity index (χ2v) is 5.24. The van der Waals surface area contributed by atoms with Gasteiger partial charge in [-0.1, -0.05) is 0 Å². The van der Waals surface area contributed by atoms with Crippen LogP contribution in [-0.4, -0.2) is 49.8 Å². The van der Waals surface area contributed by atoms with Gasteiger partial charge in [0.15, 0.2) is 0 Å². The Morgan fingerprint density at radius 1 is 1.07 bits per heavy atom. The third kappa shape index (κ3) is 2.35. The van der Waals surface area contributed by atoms with E-state index >= 15 is 0 Å². The standard InChI is InChI=1S/C12H22N2O/c1-4-12(14-5-7-15-8-6-14)10(1)9-13-11-2-3-11/h10-13H,1-9H2. The van der Waals surface area contributed by atoms with E-state index < -0.39 is 0 Å². The molecule has 0 aromatic carbocycles. The fourth-order valence-electron chi connectivity index (χ4n) is 2.78. The van der Waals surface area contributed by atoms with Gasteiger partial charge in [-0.3, -0.25) is 4.90 Å². The summed E-state index contributed by atoms with van der Waals surface area (Å²) in [6.45, 7) is 5.46. The highest BCUT2D eigenvalue weighted by molar-refractivity contribution is 4.92. The smallest absolute Gasteiger partial charge is 0.0594 e. The molecule has 1 heterocycles. The zero-order valence-corrected chi connectivity index (χ0v) is 9.45. The van der Waals surface area contributed by atoms with Gasteiger partial charge in [0, 0.05) is 25.2 Å². The first-order valence-corrected chi connectivity index (χ1v) is 6.48. The van der Waals surface area contributed by atoms with Crippen molar-refractivity contribution < 1.29 is 4.74 Å². The summed E-state index contributed by atoms with van der Waals surface area (Å²) in [5, 5.41) is 3.67. The summed E-state index contributed by atoms with van der Waals surface area (Å²) in [7, 11) is 0. The third-order valence-electron chi connectivity index (χ3n) is 4.14. The normalized spacial score (nSPS) is 37.6. The Hall–Kier alpha value is -0.120. The van der Waals surface area contributed by atoms with Crippen LogP contribution in [0.25, 0.3) is 0 Å². The molecule has 2 saturated carbocycles. The van der Waals surface area contributed by atoms with Gasteiger partial charge < -0.3 is 10.1 Å². The summed E-state index contributed by atoms with van der Waals surface area (Å²) in [6, 6.07) is 1.73. The zero-order chi connectivity index (χ0) is 10.1. The molecular weight excluding hydrogens is 188 g/mol. The van der Waals surface area contributed by atoms with Gasteiger partial charge >= 0.3 is 0 Å². The van der Waals surface area contributed by atoms with Gasteiger partial charge in [0.05, 0.1) is 13.2 Å². The molecule has 2 unspecified atom stereocenters. The topological polar surface area (TPSA) is 24.5 Å². The van der Waals surface area contributed by atoms with Crippen LogP contribution >= 0.6 is 0 Å². The van der Waals surface area contributed by atoms with Crippen LogP contribution in [0.4, 0.5) is 0 Å². The molecule has 3 fully saturated rings. The molecule has 0 amide bonds. The van der Waals surface area contributed by atoms with Crippen LogP contribution in [0.3, 0.4) is 0 Å². The van der Waals surface area contributed by atoms with Crippen LogP contribution < -0.4 is 5.32 Å². The lowest BCUT2D eigenvalue weighted by Crippen LogP contribution is -2.54. The minimum absolute atomic E-state index is 0.861. The fraction of sp³-hybridized carbons (Fsp3) is 1.00. The number of nitrogens with zero attached hydrogens (tertiary/aromatic N) is 1. The summed E-state index contributed by atoms with van der Waals surface area (Å²) in [6.07, 6.45) is 5.67. The van der Waals surface area contributed by atoms with Gasteiger partial charge in [-0.15, -0.1) is 0 Å². The summed E-state index contributed by atoms with van der Waals surface area (Å²) in [5.41, 5.74) is 0. The molecule has 2 atom stereocenters. The highest BCUT2D eigenvalue weighted by atomic mass is 16.5. The molecule has 15 heavy (non-hydrogen) atoms. The van der Waals surface area contributed by atoms with E-state index in [4.69, 9.17) is 4.74 Å². The number of ether oxygens (including phenoxy) is 1. The average Bonchev–Trinajstić information content (AvgIpc) is 3.02. The molecule has 3 rings (SSSR count). The van der Waals surface area contributed by atoms with Crippen molar-refractivity contribution in [3.05, 3.63) is 0 Å². The highest BCUT2D eigenvalue weighted by Crippen LogP contribution is 2.33. The lowest BCUT2D eigenvalue weighted by Gasteiger charge is -2.46. The molecule has 1 N–H and O–H groups in total. The Bertz CT molecular complexity index is 212. The van der Waals surface area contributed by atoms with Gasteiger partial charge in [0.2, 0.25) is 0 Å². The van der Waals surface area contributed by atoms with Gasteiger partial charge in [-0.2, -0.15) is 0 Å². The largest absolute Gasteiger partial charge is 0.379 e. The van der Waals surface area contributed by atoms with Crippen LogP contribution in [-0.2, 0) is 4.74 Å². The molecule has 0 aromatic heterocycles. The quantitative estimate of drug-likeness (QED) is 0.744. The van der Waals surface area contributed by atoms with E-state index in [2.05, 4.69) is 10.2 Å². The van der Waals surface area contributed by atoms with E-state index in [-0.39, 0.29) is 0 Å². The van der Waals surface area contributed by atoms with Gasteiger partial charge in [-0.05, 0) is 38.1 Å². The van der Waals surface area contributed by atoms with E-state index in [0.29, 0.717) is 0 Å². The maximum atomic E-state index is 5.40. The SMILES string of the molecule is C1CN(C2CCC2CNC2CC2)CCO1. The Kier molecular flexibility index (Phi) is 2.95. The Morgan fingerprint density at radius 2 is 1.87 bits per heavy atom. The van der Waals surface area contributed by atoms with E-state index in [1.165, 1.54) is 32.2 Å². The van der Waals surface area contributed by atoms with Gasteiger partial charge in [0.25, 0.3) is 0 Å². The van der Waals surface area contributed by atoms with Crippen LogP contribution in [0.1, 0.15) is 25.7 Å². The molecule has 0 bridgehead atoms. The number of hydrogen-bond acceptors (Lipinski definition) is 3. The fourth-order valence-corrected chi connectivity index (χ4v) is 2.78. The lowest BCUT2D eigenvalue weighted by atomic mass is 9.78. The van der Waals surface area contributed by atoms with Gasteiger partial charge in [0.1, 0.15) is 0 Å². The molecule has 0 spiro atoms. The second kappa shape index (κ2) is 4.40. The Morgan fingerprint density at radius 3 is 2.47 bits per heavy atom. The third-order valence-corrected chi connectivity index (χ3v) is 4.14. The molecule has 2 aliphatic carbocycles. The van der Waals surface area contributed by atoms with E-state index in [9.17, 15) is 0 Å². The van der Waals surface area contributed by atoms with Crippen molar-refractivity contribution in [2.45, 2.75) is 37.8 Å². The van der Waals surface area contributed by atoms with Crippen molar-refractivity contribution in [3.8, 4) is 0 Å². The monoisotopic (exact) mass is 210 g/mol. The average molecular weight is 210 g/mol. The molecule has 86 valence electrons. The lowest BCUT2D eigenvalue weighted by molar-refractivity contribution is -0.0250. The van der Waals surface area contributed by atoms with Crippen LogP contribution in [0.2, 0.25) is 0 Å². The first-order valence-electron chi connectivity index (χ1n) is 6.48. The second-order valence-electron chi connectivity index (χ2n) is 5.24. The molecule has 1 saturated heterocycles. The van der Waals surface area contributed by atoms with Crippen molar-refractivity contribution >= 4 is 0 Å². The molecule has 1 aliphatic heterocycles. The predicted molar refractivity (Wildman–Crippen MR) is 59.9 cm³/mol. The molecule has 3 nitrogen and oxygen atoms in total. The first kappa shape index (κ1) is 10.1. The number of nitrogens with one attached hydrogen (secondary N) is 1. The van der Waals surface area contributed by atoms with Crippen LogP contribution in [0.5, 0.6) is 0 Å². The summed E-state index contributed by atoms with van der Waals surface area (Å²) >= 11 is 0. The Labute approximate surface area is 92.2 Å². The van der Waals surface area contributed by atoms with Crippen molar-refractivity contribution in [1.82, 2.24) is 10.2 Å². The van der Waals surface area contributed by atoms with Crippen LogP contribution in [0, 0.1) is 5.92 Å². The minimum atomic E-state index is 0.861. The minimum Gasteiger partial charge on any atom is -0.379 e. The summed E-state index contributed by atoms with van der Waals surface area (Å²) < 4.78 is 5.40. The maximum absolute atomic E-state index is 5.40. The predicted octanol–water partition coefficient (Wildman–Crippen LogP) is 0.849. The molecule has 3 aliphatic rings. The van der Waals surface area contributed by atoms with E-state index in [1.54, 1.807) is 0 Å². The first-order chi connectivity index (χ1) is 7.43. The highest BCUT2D eigenvalue weighted by Gasteiger charge is 2.36. The van der Waals surface area contributed by atoms with Crippen molar-refractivity contribution in [2.24, 2.45) is 5.92 Å². The van der Waals surface area contributed by atoms with Gasteiger partial charge in [-0.25, -0.2) is 0 Å². The van der Waals surface area contributed by atoms with Crippen molar-refractivity contribution in [2.75, 3.05) is 32.8 Å². The molecule has 3 heteroatoms. The molecule has 0 radical (unpaired) electrons. The van der Waals surface area contributed by atoms with E-state index in [1.807, 2.05) is 0 Å². The van der Waals surface area contributed by atoms with Crippen molar-refractivity contribution in [1.29, 1.82) is 0 Å². The Balaban J connectivity index is 1.43. The van der Waals surface area contributed by atoms with E-state index in [0.717, 1.165) is 44.3 Å². The zero-order valence-electron chi connectivity index (χ0n) is 9.45. The number of rotatable bonds is 4. The maximum Gasteiger partial charge on any atom is 0.0594 e. The number of hydrogen-bond donors (Lipinski definition) is 1. The number of morpholine rings is 1. The molecular formula is C12H22N2O. The van der Waals surface area contributed by atoms with Crippen LogP contribution in [0.15, 0.2) is 0 Å².